The zero-order chi connectivity index (χ0) is 20.1. The SMILES string of the molecule is CC.CC(=O)[C@@H]1CCCN1C(=O)CNC(=O)OC1CCCC1.CC(C)C. The van der Waals surface area contributed by atoms with E-state index in [1.165, 1.54) is 6.92 Å². The Morgan fingerprint density at radius 2 is 1.58 bits per heavy atom. The van der Waals surface area contributed by atoms with Crippen LogP contribution < -0.4 is 5.32 Å². The fourth-order valence-electron chi connectivity index (χ4n) is 2.94. The highest BCUT2D eigenvalue weighted by Crippen LogP contribution is 2.21. The van der Waals surface area contributed by atoms with Crippen LogP contribution in [0.1, 0.15) is 80.1 Å². The molecule has 0 aromatic rings. The molecule has 0 spiro atoms. The van der Waals surface area contributed by atoms with Crippen LogP contribution in [-0.2, 0) is 14.3 Å². The largest absolute Gasteiger partial charge is 0.446 e. The van der Waals surface area contributed by atoms with E-state index in [4.69, 9.17) is 4.74 Å². The Morgan fingerprint density at radius 3 is 2.08 bits per heavy atom. The number of Topliss-reactive ketones (excluding diaryl/α,β-unsaturated/α-hetero) is 1. The Morgan fingerprint density at radius 1 is 1.04 bits per heavy atom. The summed E-state index contributed by atoms with van der Waals surface area (Å²) in [7, 11) is 0. The van der Waals surface area contributed by atoms with Gasteiger partial charge in [-0.2, -0.15) is 0 Å². The molecule has 1 atom stereocenters. The third-order valence-corrected chi connectivity index (χ3v) is 4.00. The predicted octanol–water partition coefficient (Wildman–Crippen LogP) is 3.92. The second-order valence-corrected chi connectivity index (χ2v) is 7.25. The zero-order valence-electron chi connectivity index (χ0n) is 17.5. The van der Waals surface area contributed by atoms with Crippen molar-refractivity contribution in [3.63, 3.8) is 0 Å². The van der Waals surface area contributed by atoms with Gasteiger partial charge in [-0.25, -0.2) is 4.79 Å². The molecule has 2 aliphatic rings. The normalized spacial score (nSPS) is 19.2. The van der Waals surface area contributed by atoms with Crippen LogP contribution >= 0.6 is 0 Å². The van der Waals surface area contributed by atoms with Gasteiger partial charge in [-0.15, -0.1) is 0 Å². The van der Waals surface area contributed by atoms with E-state index in [0.717, 1.165) is 38.0 Å². The second kappa shape index (κ2) is 13.6. The molecule has 1 N–H and O–H groups in total. The summed E-state index contributed by atoms with van der Waals surface area (Å²) < 4.78 is 5.21. The van der Waals surface area contributed by atoms with E-state index in [2.05, 4.69) is 26.1 Å². The Bertz CT molecular complexity index is 429. The lowest BCUT2D eigenvalue weighted by Gasteiger charge is -2.22. The smallest absolute Gasteiger partial charge is 0.407 e. The molecule has 0 bridgehead atoms. The number of hydrogen-bond acceptors (Lipinski definition) is 4. The van der Waals surface area contributed by atoms with Crippen LogP contribution in [0.5, 0.6) is 0 Å². The lowest BCUT2D eigenvalue weighted by Crippen LogP contribution is -2.45. The van der Waals surface area contributed by atoms with Gasteiger partial charge in [0.1, 0.15) is 12.6 Å². The minimum absolute atomic E-state index is 0.00406. The van der Waals surface area contributed by atoms with Crippen LogP contribution in [0.3, 0.4) is 0 Å². The molecule has 6 nitrogen and oxygen atoms in total. The molecular formula is C20H38N2O4. The van der Waals surface area contributed by atoms with E-state index in [1.807, 2.05) is 13.8 Å². The third-order valence-electron chi connectivity index (χ3n) is 4.00. The lowest BCUT2D eigenvalue weighted by molar-refractivity contribution is -0.136. The number of rotatable bonds is 4. The molecule has 0 aromatic heterocycles. The fourth-order valence-corrected chi connectivity index (χ4v) is 2.94. The highest BCUT2D eigenvalue weighted by atomic mass is 16.6. The van der Waals surface area contributed by atoms with E-state index in [1.54, 1.807) is 4.90 Å². The van der Waals surface area contributed by atoms with Gasteiger partial charge in [-0.05, 0) is 51.4 Å². The first-order chi connectivity index (χ1) is 12.3. The van der Waals surface area contributed by atoms with E-state index in [9.17, 15) is 14.4 Å². The maximum atomic E-state index is 12.0. The Hall–Kier alpha value is -1.59. The summed E-state index contributed by atoms with van der Waals surface area (Å²) in [6.07, 6.45) is 4.98. The molecule has 0 radical (unpaired) electrons. The predicted molar refractivity (Wildman–Crippen MR) is 104 cm³/mol. The molecule has 2 fully saturated rings. The van der Waals surface area contributed by atoms with Gasteiger partial charge in [-0.3, -0.25) is 9.59 Å². The van der Waals surface area contributed by atoms with Crippen molar-refractivity contribution >= 4 is 17.8 Å². The zero-order valence-corrected chi connectivity index (χ0v) is 17.5. The van der Waals surface area contributed by atoms with Crippen LogP contribution in [0.4, 0.5) is 4.79 Å². The summed E-state index contributed by atoms with van der Waals surface area (Å²) in [5.74, 6) is 0.621. The van der Waals surface area contributed by atoms with Gasteiger partial charge < -0.3 is 15.0 Å². The molecule has 6 heteroatoms. The standard InChI is InChI=1S/C14H22N2O4.C4H10.C2H6/c1-10(17)12-7-4-8-16(12)13(18)9-15-14(19)20-11-5-2-3-6-11;1-4(2)3;1-2/h11-12H,2-9H2,1H3,(H,15,19);4H,1-3H3;1-2H3/t12-;;/m0../s1. The van der Waals surface area contributed by atoms with Crippen molar-refractivity contribution in [2.24, 2.45) is 5.92 Å². The van der Waals surface area contributed by atoms with Crippen LogP contribution in [-0.4, -0.2) is 47.9 Å². The first kappa shape index (κ1) is 24.4. The first-order valence-electron chi connectivity index (χ1n) is 10.1. The third kappa shape index (κ3) is 9.78. The monoisotopic (exact) mass is 370 g/mol. The highest BCUT2D eigenvalue weighted by Gasteiger charge is 2.31. The summed E-state index contributed by atoms with van der Waals surface area (Å²) in [5, 5.41) is 2.48. The quantitative estimate of drug-likeness (QED) is 0.814. The van der Waals surface area contributed by atoms with Crippen LogP contribution in [0.2, 0.25) is 0 Å². The maximum absolute atomic E-state index is 12.0. The number of carbonyl (C=O) groups excluding carboxylic acids is 3. The van der Waals surface area contributed by atoms with Crippen molar-refractivity contribution in [2.75, 3.05) is 13.1 Å². The minimum Gasteiger partial charge on any atom is -0.446 e. The maximum Gasteiger partial charge on any atom is 0.407 e. The van der Waals surface area contributed by atoms with E-state index < -0.39 is 6.09 Å². The number of ketones is 1. The van der Waals surface area contributed by atoms with Crippen molar-refractivity contribution in [3.8, 4) is 0 Å². The molecule has 0 aromatic carbocycles. The van der Waals surface area contributed by atoms with Gasteiger partial charge in [0.05, 0.1) is 6.04 Å². The van der Waals surface area contributed by atoms with Crippen molar-refractivity contribution in [1.82, 2.24) is 10.2 Å². The van der Waals surface area contributed by atoms with E-state index >= 15 is 0 Å². The summed E-state index contributed by atoms with van der Waals surface area (Å²) in [6, 6.07) is -0.324. The Balaban J connectivity index is 0.000000920. The van der Waals surface area contributed by atoms with Crippen LogP contribution in [0, 0.1) is 5.92 Å². The molecule has 1 saturated carbocycles. The number of amides is 2. The van der Waals surface area contributed by atoms with Crippen molar-refractivity contribution < 1.29 is 19.1 Å². The minimum atomic E-state index is -0.538. The summed E-state index contributed by atoms with van der Waals surface area (Å²) in [4.78, 5) is 36.5. The Kier molecular flexibility index (Phi) is 12.8. The van der Waals surface area contributed by atoms with Gasteiger partial charge >= 0.3 is 6.09 Å². The molecule has 0 unspecified atom stereocenters. The number of nitrogens with one attached hydrogen (secondary N) is 1. The van der Waals surface area contributed by atoms with Gasteiger partial charge in [-0.1, -0.05) is 34.6 Å². The second-order valence-electron chi connectivity index (χ2n) is 7.25. The molecule has 2 rings (SSSR count). The van der Waals surface area contributed by atoms with Crippen LogP contribution in [0.25, 0.3) is 0 Å². The Labute approximate surface area is 159 Å². The lowest BCUT2D eigenvalue weighted by atomic mass is 10.1. The van der Waals surface area contributed by atoms with E-state index in [0.29, 0.717) is 13.0 Å². The van der Waals surface area contributed by atoms with Crippen molar-refractivity contribution in [3.05, 3.63) is 0 Å². The number of nitrogens with zero attached hydrogens (tertiary/aromatic N) is 1. The van der Waals surface area contributed by atoms with E-state index in [-0.39, 0.29) is 30.4 Å². The van der Waals surface area contributed by atoms with Gasteiger partial charge in [0.2, 0.25) is 5.91 Å². The number of alkyl carbamates (subject to hydrolysis) is 1. The first-order valence-corrected chi connectivity index (χ1v) is 10.1. The molecule has 1 aliphatic carbocycles. The molecular weight excluding hydrogens is 332 g/mol. The summed E-state index contributed by atoms with van der Waals surface area (Å²) in [6.45, 7) is 12.5. The summed E-state index contributed by atoms with van der Waals surface area (Å²) >= 11 is 0. The number of hydrogen-bond donors (Lipinski definition) is 1. The molecule has 1 aliphatic heterocycles. The van der Waals surface area contributed by atoms with Gasteiger partial charge in [0.25, 0.3) is 0 Å². The van der Waals surface area contributed by atoms with Crippen molar-refractivity contribution in [1.29, 1.82) is 0 Å². The average Bonchev–Trinajstić information content (AvgIpc) is 3.25. The molecule has 26 heavy (non-hydrogen) atoms. The highest BCUT2D eigenvalue weighted by molar-refractivity contribution is 5.89. The van der Waals surface area contributed by atoms with Crippen molar-refractivity contribution in [2.45, 2.75) is 92.2 Å². The van der Waals surface area contributed by atoms with Gasteiger partial charge in [0.15, 0.2) is 5.78 Å². The molecule has 1 heterocycles. The van der Waals surface area contributed by atoms with Crippen LogP contribution in [0.15, 0.2) is 0 Å². The summed E-state index contributed by atoms with van der Waals surface area (Å²) in [5.41, 5.74) is 0. The van der Waals surface area contributed by atoms with Gasteiger partial charge in [0, 0.05) is 6.54 Å². The fraction of sp³-hybridized carbons (Fsp3) is 0.850. The number of carbonyl (C=O) groups is 3. The molecule has 152 valence electrons. The average molecular weight is 371 g/mol. The topological polar surface area (TPSA) is 75.7 Å². The number of ether oxygens (including phenoxy) is 1. The number of likely N-dealkylation sites (tertiary alicyclic amines) is 1. The molecule has 1 saturated heterocycles. The molecule has 2 amide bonds.